The molecule has 1 aromatic carbocycles. The van der Waals surface area contributed by atoms with Crippen LogP contribution in [-0.4, -0.2) is 63.4 Å². The molecule has 3 aliphatic rings. The maximum Gasteiger partial charge on any atom is 0.255 e. The number of hydrogen-bond acceptors (Lipinski definition) is 9. The van der Waals surface area contributed by atoms with Gasteiger partial charge in [0.2, 0.25) is 5.78 Å². The van der Waals surface area contributed by atoms with Gasteiger partial charge in [-0.05, 0) is 30.4 Å². The number of Topliss-reactive ketones (excluding diaryl/α,β-unsaturated/α-hetero) is 3. The van der Waals surface area contributed by atoms with Gasteiger partial charge in [0, 0.05) is 44.1 Å². The average Bonchev–Trinajstić information content (AvgIpc) is 2.75. The van der Waals surface area contributed by atoms with Gasteiger partial charge in [-0.25, -0.2) is 0 Å². The molecule has 1 fully saturated rings. The number of hydrogen-bond donors (Lipinski definition) is 5. The number of fused-ring (bicyclic) bond motifs is 3. The summed E-state index contributed by atoms with van der Waals surface area (Å²) in [7, 11) is 3.48. The standard InChI is InChI=1S/C24H26N2O8/c1-4-14(27)12-8-13(26(2)3)11-6-9-5-10-7-15(28)18(23(25)33)22(32)24(10,34)21(31)16(9)20(30)17(11)19(12)29/h8-10,29-30,32,34H,4-7H2,1-3H3,(H2,25,33)/t9-,10+,24+/m1/s1. The maximum absolute atomic E-state index is 13.5. The number of rotatable bonds is 4. The Kier molecular flexibility index (Phi) is 5.32. The molecule has 0 heterocycles. The quantitative estimate of drug-likeness (QED) is 0.318. The highest BCUT2D eigenvalue weighted by molar-refractivity contribution is 6.22. The Morgan fingerprint density at radius 3 is 2.38 bits per heavy atom. The summed E-state index contributed by atoms with van der Waals surface area (Å²) in [6.07, 6.45) is -0.0535. The van der Waals surface area contributed by atoms with E-state index in [0.717, 1.165) is 0 Å². The lowest BCUT2D eigenvalue weighted by Crippen LogP contribution is -2.58. The number of phenols is 1. The molecule has 0 bridgehead atoms. The molecule has 3 aliphatic carbocycles. The lowest BCUT2D eigenvalue weighted by atomic mass is 9.59. The van der Waals surface area contributed by atoms with E-state index in [9.17, 15) is 39.6 Å². The number of amides is 1. The first-order valence-electron chi connectivity index (χ1n) is 10.9. The SMILES string of the molecule is CCC(=O)c1cc(N(C)C)c2c(c1O)C(O)=C1C(=O)[C@]3(O)C(O)=C(C(N)=O)C(=O)C[C@@H]3C[C@@H]1C2. The maximum atomic E-state index is 13.5. The highest BCUT2D eigenvalue weighted by Gasteiger charge is 2.60. The van der Waals surface area contributed by atoms with Crippen molar-refractivity contribution in [3.8, 4) is 5.75 Å². The van der Waals surface area contributed by atoms with Crippen molar-refractivity contribution in [2.45, 2.75) is 38.2 Å². The molecule has 0 saturated heterocycles. The minimum Gasteiger partial charge on any atom is -0.508 e. The number of ketones is 3. The summed E-state index contributed by atoms with van der Waals surface area (Å²) in [6, 6.07) is 1.54. The fourth-order valence-electron chi connectivity index (χ4n) is 5.47. The van der Waals surface area contributed by atoms with Crippen LogP contribution in [0.5, 0.6) is 5.75 Å². The molecule has 4 rings (SSSR count). The summed E-state index contributed by atoms with van der Waals surface area (Å²) in [5.74, 6) is -7.35. The molecular formula is C24H26N2O8. The van der Waals surface area contributed by atoms with Gasteiger partial charge in [-0.1, -0.05) is 6.92 Å². The summed E-state index contributed by atoms with van der Waals surface area (Å²) in [5.41, 5.74) is 2.47. The lowest BCUT2D eigenvalue weighted by Gasteiger charge is -2.46. The van der Waals surface area contributed by atoms with Crippen LogP contribution in [-0.2, 0) is 20.8 Å². The van der Waals surface area contributed by atoms with E-state index in [0.29, 0.717) is 11.3 Å². The fraction of sp³-hybridized carbons (Fsp3) is 0.417. The second-order valence-electron chi connectivity index (χ2n) is 9.22. The molecule has 10 heteroatoms. The number of anilines is 1. The van der Waals surface area contributed by atoms with Crippen molar-refractivity contribution in [3.63, 3.8) is 0 Å². The molecule has 0 radical (unpaired) electrons. The van der Waals surface area contributed by atoms with Crippen LogP contribution in [0, 0.1) is 11.8 Å². The van der Waals surface area contributed by atoms with E-state index >= 15 is 0 Å². The number of primary amides is 1. The summed E-state index contributed by atoms with van der Waals surface area (Å²) < 4.78 is 0. The minimum atomic E-state index is -2.62. The van der Waals surface area contributed by atoms with Gasteiger partial charge in [0.1, 0.15) is 22.8 Å². The van der Waals surface area contributed by atoms with Crippen LogP contribution < -0.4 is 10.6 Å². The Morgan fingerprint density at radius 1 is 1.18 bits per heavy atom. The topological polar surface area (TPSA) is 178 Å². The number of carbonyl (C=O) groups excluding carboxylic acids is 4. The van der Waals surface area contributed by atoms with Crippen molar-refractivity contribution in [2.75, 3.05) is 19.0 Å². The fourth-order valence-corrected chi connectivity index (χ4v) is 5.47. The van der Waals surface area contributed by atoms with E-state index in [-0.39, 0.29) is 48.2 Å². The van der Waals surface area contributed by atoms with Gasteiger partial charge in [0.15, 0.2) is 17.2 Å². The first-order chi connectivity index (χ1) is 15.9. The molecule has 34 heavy (non-hydrogen) atoms. The Morgan fingerprint density at radius 2 is 1.82 bits per heavy atom. The molecule has 3 atom stereocenters. The van der Waals surface area contributed by atoms with Crippen LogP contribution >= 0.6 is 0 Å². The molecule has 6 N–H and O–H groups in total. The second kappa shape index (κ2) is 7.69. The predicted molar refractivity (Wildman–Crippen MR) is 120 cm³/mol. The third-order valence-electron chi connectivity index (χ3n) is 7.14. The van der Waals surface area contributed by atoms with Crippen LogP contribution in [0.4, 0.5) is 5.69 Å². The van der Waals surface area contributed by atoms with Crippen molar-refractivity contribution in [1.82, 2.24) is 0 Å². The zero-order chi connectivity index (χ0) is 25.3. The Labute approximate surface area is 195 Å². The summed E-state index contributed by atoms with van der Waals surface area (Å²) in [6.45, 7) is 1.63. The molecule has 180 valence electrons. The number of nitrogens with two attached hydrogens (primary N) is 1. The third kappa shape index (κ3) is 2.98. The first kappa shape index (κ1) is 23.5. The number of aromatic hydroxyl groups is 1. The van der Waals surface area contributed by atoms with Crippen LogP contribution in [0.25, 0.3) is 5.76 Å². The Hall–Kier alpha value is -3.66. The molecule has 0 unspecified atom stereocenters. The zero-order valence-electron chi connectivity index (χ0n) is 19.0. The lowest BCUT2D eigenvalue weighted by molar-refractivity contribution is -0.147. The first-order valence-corrected chi connectivity index (χ1v) is 10.9. The number of nitrogens with zero attached hydrogens (tertiary/aromatic N) is 1. The van der Waals surface area contributed by atoms with Crippen molar-refractivity contribution in [1.29, 1.82) is 0 Å². The second-order valence-corrected chi connectivity index (χ2v) is 9.22. The predicted octanol–water partition coefficient (Wildman–Crippen LogP) is 1.08. The molecule has 10 nitrogen and oxygen atoms in total. The van der Waals surface area contributed by atoms with Gasteiger partial charge in [-0.15, -0.1) is 0 Å². The number of carbonyl (C=O) groups is 4. The highest BCUT2D eigenvalue weighted by Crippen LogP contribution is 2.53. The molecular weight excluding hydrogens is 444 g/mol. The number of aliphatic hydroxyl groups is 3. The van der Waals surface area contributed by atoms with Gasteiger partial charge in [-0.2, -0.15) is 0 Å². The van der Waals surface area contributed by atoms with Crippen molar-refractivity contribution in [3.05, 3.63) is 39.7 Å². The van der Waals surface area contributed by atoms with Crippen molar-refractivity contribution in [2.24, 2.45) is 17.6 Å². The summed E-state index contributed by atoms with van der Waals surface area (Å²) in [4.78, 5) is 51.9. The van der Waals surface area contributed by atoms with Crippen molar-refractivity contribution >= 4 is 34.7 Å². The van der Waals surface area contributed by atoms with Crippen molar-refractivity contribution < 1.29 is 39.6 Å². The van der Waals surface area contributed by atoms with Crippen LogP contribution in [0.1, 0.15) is 47.7 Å². The van der Waals surface area contributed by atoms with Gasteiger partial charge in [0.25, 0.3) is 5.91 Å². The van der Waals surface area contributed by atoms with E-state index < -0.39 is 57.8 Å². The molecule has 1 saturated carbocycles. The van der Waals surface area contributed by atoms with E-state index in [1.54, 1.807) is 25.9 Å². The van der Waals surface area contributed by atoms with E-state index in [4.69, 9.17) is 5.73 Å². The zero-order valence-corrected chi connectivity index (χ0v) is 19.0. The minimum absolute atomic E-state index is 0.0163. The summed E-state index contributed by atoms with van der Waals surface area (Å²) >= 11 is 0. The van der Waals surface area contributed by atoms with Gasteiger partial charge in [-0.3, -0.25) is 19.2 Å². The number of phenolic OH excluding ortho intramolecular Hbond substituents is 1. The highest BCUT2D eigenvalue weighted by atomic mass is 16.3. The Bertz CT molecular complexity index is 1240. The van der Waals surface area contributed by atoms with Crippen LogP contribution in [0.15, 0.2) is 23.0 Å². The molecule has 1 amide bonds. The normalized spacial score (nSPS) is 26.1. The van der Waals surface area contributed by atoms with E-state index in [2.05, 4.69) is 0 Å². The van der Waals surface area contributed by atoms with Gasteiger partial charge < -0.3 is 31.1 Å². The van der Waals surface area contributed by atoms with Gasteiger partial charge >= 0.3 is 0 Å². The van der Waals surface area contributed by atoms with Crippen LogP contribution in [0.2, 0.25) is 0 Å². The number of aliphatic hydroxyl groups excluding tert-OH is 2. The van der Waals surface area contributed by atoms with E-state index in [1.165, 1.54) is 6.07 Å². The third-order valence-corrected chi connectivity index (χ3v) is 7.14. The average molecular weight is 470 g/mol. The Balaban J connectivity index is 1.99. The number of benzene rings is 1. The largest absolute Gasteiger partial charge is 0.508 e. The molecule has 0 aromatic heterocycles. The van der Waals surface area contributed by atoms with Gasteiger partial charge in [0.05, 0.1) is 11.1 Å². The molecule has 0 spiro atoms. The monoisotopic (exact) mass is 470 g/mol. The smallest absolute Gasteiger partial charge is 0.255 e. The van der Waals surface area contributed by atoms with E-state index in [1.807, 2.05) is 0 Å². The summed E-state index contributed by atoms with van der Waals surface area (Å²) in [5, 5.41) is 44.0. The molecule has 1 aromatic rings. The van der Waals surface area contributed by atoms with Crippen LogP contribution in [0.3, 0.4) is 0 Å². The molecule has 0 aliphatic heterocycles.